The summed E-state index contributed by atoms with van der Waals surface area (Å²) in [5.41, 5.74) is 0. The Morgan fingerprint density at radius 1 is 1.80 bits per heavy atom. The maximum atomic E-state index is 10.8. The van der Waals surface area contributed by atoms with Crippen LogP contribution in [0.15, 0.2) is 0 Å². The lowest BCUT2D eigenvalue weighted by Gasteiger charge is -2.16. The third-order valence-electron chi connectivity index (χ3n) is 1.48. The van der Waals surface area contributed by atoms with Gasteiger partial charge in [-0.15, -0.1) is 11.8 Å². The molecule has 0 bridgehead atoms. The Balaban J connectivity index is 2.58. The molecule has 0 unspecified atom stereocenters. The van der Waals surface area contributed by atoms with Crippen molar-refractivity contribution in [3.63, 3.8) is 0 Å². The lowest BCUT2D eigenvalue weighted by Crippen LogP contribution is -2.35. The predicted octanol–water partition coefficient (Wildman–Crippen LogP) is 0.107. The molecule has 1 rings (SSSR count). The van der Waals surface area contributed by atoms with Crippen LogP contribution in [-0.2, 0) is 9.59 Å². The Kier molecular flexibility index (Phi) is 2.32. The summed E-state index contributed by atoms with van der Waals surface area (Å²) in [7, 11) is 0. The SMILES string of the molecule is CC(=O)N1CSC[C@@H]1C=O. The monoisotopic (exact) mass is 159 g/mol. The van der Waals surface area contributed by atoms with E-state index in [1.165, 1.54) is 6.92 Å². The van der Waals surface area contributed by atoms with Crippen molar-refractivity contribution in [3.05, 3.63) is 0 Å². The van der Waals surface area contributed by atoms with Crippen molar-refractivity contribution in [2.24, 2.45) is 0 Å². The molecule has 1 aliphatic rings. The molecular weight excluding hydrogens is 150 g/mol. The smallest absolute Gasteiger partial charge is 0.220 e. The summed E-state index contributed by atoms with van der Waals surface area (Å²) in [6.45, 7) is 1.49. The van der Waals surface area contributed by atoms with Crippen molar-refractivity contribution in [2.45, 2.75) is 13.0 Å². The van der Waals surface area contributed by atoms with Gasteiger partial charge in [-0.1, -0.05) is 0 Å². The first-order valence-corrected chi connectivity index (χ1v) is 4.21. The fourth-order valence-electron chi connectivity index (χ4n) is 0.895. The highest BCUT2D eigenvalue weighted by molar-refractivity contribution is 7.99. The molecule has 1 saturated heterocycles. The highest BCUT2D eigenvalue weighted by Gasteiger charge is 2.25. The molecule has 0 spiro atoms. The average molecular weight is 159 g/mol. The normalized spacial score (nSPS) is 24.9. The molecule has 0 saturated carbocycles. The second kappa shape index (κ2) is 3.05. The van der Waals surface area contributed by atoms with Crippen LogP contribution in [0.25, 0.3) is 0 Å². The molecule has 1 heterocycles. The Morgan fingerprint density at radius 2 is 2.50 bits per heavy atom. The summed E-state index contributed by atoms with van der Waals surface area (Å²) >= 11 is 1.62. The van der Waals surface area contributed by atoms with E-state index in [2.05, 4.69) is 0 Å². The molecule has 56 valence electrons. The van der Waals surface area contributed by atoms with Gasteiger partial charge in [0.1, 0.15) is 6.29 Å². The van der Waals surface area contributed by atoms with Crippen LogP contribution in [-0.4, -0.2) is 34.8 Å². The van der Waals surface area contributed by atoms with Crippen LogP contribution >= 0.6 is 11.8 Å². The highest BCUT2D eigenvalue weighted by atomic mass is 32.2. The molecule has 0 aliphatic carbocycles. The fourth-order valence-corrected chi connectivity index (χ4v) is 2.07. The van der Waals surface area contributed by atoms with Crippen molar-refractivity contribution in [1.82, 2.24) is 4.90 Å². The predicted molar refractivity (Wildman–Crippen MR) is 39.7 cm³/mol. The van der Waals surface area contributed by atoms with E-state index in [-0.39, 0.29) is 11.9 Å². The molecule has 1 fully saturated rings. The molecule has 0 aromatic heterocycles. The summed E-state index contributed by atoms with van der Waals surface area (Å²) in [6, 6.07) is -0.178. The Hall–Kier alpha value is -0.510. The van der Waals surface area contributed by atoms with Gasteiger partial charge in [0.2, 0.25) is 5.91 Å². The maximum absolute atomic E-state index is 10.8. The lowest BCUT2D eigenvalue weighted by atomic mass is 10.3. The van der Waals surface area contributed by atoms with Crippen molar-refractivity contribution < 1.29 is 9.59 Å². The average Bonchev–Trinajstić information content (AvgIpc) is 2.33. The summed E-state index contributed by atoms with van der Waals surface area (Å²) in [6.07, 6.45) is 0.835. The second-order valence-electron chi connectivity index (χ2n) is 2.19. The first-order chi connectivity index (χ1) is 4.75. The molecule has 3 nitrogen and oxygen atoms in total. The zero-order chi connectivity index (χ0) is 7.56. The van der Waals surface area contributed by atoms with Crippen LogP contribution in [0.1, 0.15) is 6.92 Å². The number of nitrogens with zero attached hydrogens (tertiary/aromatic N) is 1. The minimum Gasteiger partial charge on any atom is -0.323 e. The first kappa shape index (κ1) is 7.60. The van der Waals surface area contributed by atoms with Crippen molar-refractivity contribution in [1.29, 1.82) is 0 Å². The van der Waals surface area contributed by atoms with Gasteiger partial charge in [-0.2, -0.15) is 0 Å². The number of aldehydes is 1. The van der Waals surface area contributed by atoms with Crippen LogP contribution in [0.4, 0.5) is 0 Å². The number of hydrogen-bond donors (Lipinski definition) is 0. The molecule has 1 amide bonds. The van der Waals surface area contributed by atoms with E-state index in [0.29, 0.717) is 5.88 Å². The number of carbonyl (C=O) groups excluding carboxylic acids is 2. The molecule has 0 radical (unpaired) electrons. The second-order valence-corrected chi connectivity index (χ2v) is 3.19. The highest BCUT2D eigenvalue weighted by Crippen LogP contribution is 2.18. The van der Waals surface area contributed by atoms with E-state index in [1.807, 2.05) is 0 Å². The maximum Gasteiger partial charge on any atom is 0.220 e. The van der Waals surface area contributed by atoms with Crippen molar-refractivity contribution in [3.8, 4) is 0 Å². The minimum absolute atomic E-state index is 0.0119. The van der Waals surface area contributed by atoms with Crippen LogP contribution in [0, 0.1) is 0 Å². The van der Waals surface area contributed by atoms with Gasteiger partial charge in [0, 0.05) is 12.7 Å². The Labute approximate surface area is 63.8 Å². The molecule has 0 aromatic carbocycles. The number of hydrogen-bond acceptors (Lipinski definition) is 3. The van der Waals surface area contributed by atoms with E-state index in [4.69, 9.17) is 0 Å². The fraction of sp³-hybridized carbons (Fsp3) is 0.667. The van der Waals surface area contributed by atoms with E-state index in [0.717, 1.165) is 12.0 Å². The third kappa shape index (κ3) is 1.31. The quantitative estimate of drug-likeness (QED) is 0.509. The summed E-state index contributed by atoms with van der Waals surface area (Å²) in [5.74, 6) is 1.41. The van der Waals surface area contributed by atoms with Crippen LogP contribution < -0.4 is 0 Å². The molecule has 10 heavy (non-hydrogen) atoms. The molecule has 4 heteroatoms. The van der Waals surface area contributed by atoms with Gasteiger partial charge >= 0.3 is 0 Å². The molecular formula is C6H9NO2S. The van der Waals surface area contributed by atoms with Gasteiger partial charge < -0.3 is 9.69 Å². The van der Waals surface area contributed by atoms with Crippen molar-refractivity contribution >= 4 is 24.0 Å². The van der Waals surface area contributed by atoms with E-state index in [9.17, 15) is 9.59 Å². The molecule has 0 N–H and O–H groups in total. The van der Waals surface area contributed by atoms with Gasteiger partial charge in [0.15, 0.2) is 0 Å². The van der Waals surface area contributed by atoms with Gasteiger partial charge in [-0.3, -0.25) is 4.79 Å². The summed E-state index contributed by atoms with van der Waals surface area (Å²) in [5, 5.41) is 0. The van der Waals surface area contributed by atoms with E-state index in [1.54, 1.807) is 16.7 Å². The summed E-state index contributed by atoms with van der Waals surface area (Å²) in [4.78, 5) is 22.7. The molecule has 1 aliphatic heterocycles. The van der Waals surface area contributed by atoms with E-state index >= 15 is 0 Å². The van der Waals surface area contributed by atoms with Crippen LogP contribution in [0.3, 0.4) is 0 Å². The van der Waals surface area contributed by atoms with Gasteiger partial charge in [0.05, 0.1) is 11.9 Å². The number of thioether (sulfide) groups is 1. The lowest BCUT2D eigenvalue weighted by molar-refractivity contribution is -0.132. The largest absolute Gasteiger partial charge is 0.323 e. The summed E-state index contributed by atoms with van der Waals surface area (Å²) < 4.78 is 0. The standard InChI is InChI=1S/C6H9NO2S/c1-5(9)7-4-10-3-6(7)2-8/h2,6H,3-4H2,1H3/t6-/m0/s1. The zero-order valence-electron chi connectivity index (χ0n) is 5.74. The van der Waals surface area contributed by atoms with Crippen molar-refractivity contribution in [2.75, 3.05) is 11.6 Å². The van der Waals surface area contributed by atoms with Crippen LogP contribution in [0.2, 0.25) is 0 Å². The number of rotatable bonds is 1. The Morgan fingerprint density at radius 3 is 2.90 bits per heavy atom. The van der Waals surface area contributed by atoms with Crippen LogP contribution in [0.5, 0.6) is 0 Å². The minimum atomic E-state index is -0.178. The van der Waals surface area contributed by atoms with Gasteiger partial charge in [-0.05, 0) is 0 Å². The van der Waals surface area contributed by atoms with E-state index < -0.39 is 0 Å². The molecule has 0 aromatic rings. The molecule has 1 atom stereocenters. The zero-order valence-corrected chi connectivity index (χ0v) is 6.56. The third-order valence-corrected chi connectivity index (χ3v) is 2.52. The van der Waals surface area contributed by atoms with Gasteiger partial charge in [0.25, 0.3) is 0 Å². The van der Waals surface area contributed by atoms with Gasteiger partial charge in [-0.25, -0.2) is 0 Å². The number of carbonyl (C=O) groups is 2. The Bertz CT molecular complexity index is 160. The number of amides is 1. The first-order valence-electron chi connectivity index (χ1n) is 3.06. The topological polar surface area (TPSA) is 37.4 Å².